The van der Waals surface area contributed by atoms with Crippen LogP contribution in [0.25, 0.3) is 0 Å². The third kappa shape index (κ3) is 3.98. The van der Waals surface area contributed by atoms with E-state index in [0.29, 0.717) is 45.3 Å². The molecule has 2 heterocycles. The predicted molar refractivity (Wildman–Crippen MR) is 113 cm³/mol. The fraction of sp³-hybridized carbons (Fsp3) is 0.458. The van der Waals surface area contributed by atoms with Gasteiger partial charge in [-0.1, -0.05) is 18.2 Å². The summed E-state index contributed by atoms with van der Waals surface area (Å²) in [5.41, 5.74) is 1.62. The molecule has 1 saturated carbocycles. The number of nitrogens with one attached hydrogen (secondary N) is 1. The van der Waals surface area contributed by atoms with Crippen LogP contribution in [0.15, 0.2) is 36.4 Å². The Morgan fingerprint density at radius 2 is 2.09 bits per heavy atom. The summed E-state index contributed by atoms with van der Waals surface area (Å²) in [6.07, 6.45) is 0.866. The second kappa shape index (κ2) is 8.10. The molecule has 1 amide bonds. The summed E-state index contributed by atoms with van der Waals surface area (Å²) in [4.78, 5) is 13.6. The van der Waals surface area contributed by atoms with Gasteiger partial charge >= 0.3 is 0 Å². The Balaban J connectivity index is 1.19. The SMILES string of the molecule is O=C1CCc2cc([C@@H](O)CN3C[C@@H]4C[C@@H](Oc5cccc(F)c5F)C[C@]4(O)C3)ccc2N1. The molecule has 3 aliphatic rings. The van der Waals surface area contributed by atoms with Gasteiger partial charge in [-0.25, -0.2) is 4.39 Å². The van der Waals surface area contributed by atoms with E-state index < -0.39 is 23.3 Å². The quantitative estimate of drug-likeness (QED) is 0.661. The van der Waals surface area contributed by atoms with Gasteiger partial charge in [0.05, 0.1) is 11.7 Å². The molecule has 4 atom stereocenters. The first-order valence-electron chi connectivity index (χ1n) is 11.0. The first-order valence-corrected chi connectivity index (χ1v) is 11.0. The van der Waals surface area contributed by atoms with E-state index in [-0.39, 0.29) is 23.7 Å². The lowest BCUT2D eigenvalue weighted by molar-refractivity contribution is -0.116. The van der Waals surface area contributed by atoms with E-state index in [2.05, 4.69) is 5.32 Å². The van der Waals surface area contributed by atoms with Gasteiger partial charge in [-0.05, 0) is 42.2 Å². The van der Waals surface area contributed by atoms with E-state index in [1.165, 1.54) is 12.1 Å². The predicted octanol–water partition coefficient (Wildman–Crippen LogP) is 2.79. The van der Waals surface area contributed by atoms with Crippen molar-refractivity contribution in [1.29, 1.82) is 0 Å². The average molecular weight is 444 g/mol. The number of ether oxygens (including phenoxy) is 1. The molecule has 0 radical (unpaired) electrons. The number of carbonyl (C=O) groups excluding carboxylic acids is 1. The highest BCUT2D eigenvalue weighted by Crippen LogP contribution is 2.44. The van der Waals surface area contributed by atoms with Crippen molar-refractivity contribution in [2.24, 2.45) is 5.92 Å². The van der Waals surface area contributed by atoms with Crippen LogP contribution in [0, 0.1) is 17.6 Å². The highest BCUT2D eigenvalue weighted by molar-refractivity contribution is 5.93. The largest absolute Gasteiger partial charge is 0.487 e. The van der Waals surface area contributed by atoms with E-state index in [4.69, 9.17) is 4.74 Å². The minimum Gasteiger partial charge on any atom is -0.487 e. The van der Waals surface area contributed by atoms with E-state index in [1.807, 2.05) is 23.1 Å². The molecular weight excluding hydrogens is 418 g/mol. The number of carbonyl (C=O) groups is 1. The van der Waals surface area contributed by atoms with Crippen LogP contribution in [-0.4, -0.2) is 52.4 Å². The topological polar surface area (TPSA) is 82.0 Å². The zero-order valence-electron chi connectivity index (χ0n) is 17.6. The molecule has 8 heteroatoms. The number of aliphatic hydroxyl groups is 2. The van der Waals surface area contributed by atoms with Gasteiger partial charge in [-0.2, -0.15) is 4.39 Å². The van der Waals surface area contributed by atoms with Crippen LogP contribution < -0.4 is 10.1 Å². The number of nitrogens with zero attached hydrogens (tertiary/aromatic N) is 1. The number of aryl methyl sites for hydroxylation is 1. The standard InChI is InChI=1S/C24H26F2N2O4/c25-18-2-1-3-21(23(18)26)32-17-9-16-11-28(13-24(16,31)10-17)12-20(29)15-4-6-19-14(8-15)5-7-22(30)27-19/h1-4,6,8,16-17,20,29,31H,5,7,9-13H2,(H,27,30)/t16-,17+,20-,24-/m0/s1. The smallest absolute Gasteiger partial charge is 0.224 e. The molecule has 2 fully saturated rings. The molecule has 2 aliphatic heterocycles. The molecule has 6 nitrogen and oxygen atoms in total. The fourth-order valence-corrected chi connectivity index (χ4v) is 5.33. The first kappa shape index (κ1) is 21.3. The number of halogens is 2. The minimum absolute atomic E-state index is 0.00469. The van der Waals surface area contributed by atoms with Crippen molar-refractivity contribution in [2.75, 3.05) is 25.0 Å². The van der Waals surface area contributed by atoms with Crippen molar-refractivity contribution in [3.8, 4) is 5.75 Å². The molecule has 170 valence electrons. The van der Waals surface area contributed by atoms with Crippen LogP contribution >= 0.6 is 0 Å². The first-order chi connectivity index (χ1) is 15.3. The summed E-state index contributed by atoms with van der Waals surface area (Å²) in [6.45, 7) is 1.37. The Kier molecular flexibility index (Phi) is 5.39. The number of anilines is 1. The highest BCUT2D eigenvalue weighted by atomic mass is 19.2. The molecule has 1 aliphatic carbocycles. The van der Waals surface area contributed by atoms with Crippen LogP contribution in [0.1, 0.15) is 36.5 Å². The summed E-state index contributed by atoms with van der Waals surface area (Å²) in [6, 6.07) is 9.41. The fourth-order valence-electron chi connectivity index (χ4n) is 5.33. The average Bonchev–Trinajstić information content (AvgIpc) is 3.21. The number of fused-ring (bicyclic) bond motifs is 2. The maximum Gasteiger partial charge on any atom is 0.224 e. The molecule has 0 bridgehead atoms. The summed E-state index contributed by atoms with van der Waals surface area (Å²) >= 11 is 0. The van der Waals surface area contributed by atoms with Crippen molar-refractivity contribution in [3.05, 3.63) is 59.2 Å². The van der Waals surface area contributed by atoms with Gasteiger partial charge in [0.25, 0.3) is 0 Å². The van der Waals surface area contributed by atoms with Gasteiger partial charge in [0, 0.05) is 44.1 Å². The third-order valence-electron chi connectivity index (χ3n) is 6.91. The number of amides is 1. The molecule has 2 aromatic carbocycles. The molecule has 0 aromatic heterocycles. The van der Waals surface area contributed by atoms with Crippen molar-refractivity contribution in [3.63, 3.8) is 0 Å². The molecule has 5 rings (SSSR count). The van der Waals surface area contributed by atoms with Gasteiger partial charge in [0.1, 0.15) is 6.10 Å². The number of hydrogen-bond acceptors (Lipinski definition) is 5. The normalized spacial score (nSPS) is 28.2. The van der Waals surface area contributed by atoms with E-state index in [9.17, 15) is 23.8 Å². The second-order valence-electron chi connectivity index (χ2n) is 9.21. The number of rotatable bonds is 5. The Hall–Kier alpha value is -2.55. The van der Waals surface area contributed by atoms with Crippen molar-refractivity contribution in [2.45, 2.75) is 43.5 Å². The zero-order chi connectivity index (χ0) is 22.5. The third-order valence-corrected chi connectivity index (χ3v) is 6.91. The summed E-state index contributed by atoms with van der Waals surface area (Å²) in [5, 5.41) is 24.7. The second-order valence-corrected chi connectivity index (χ2v) is 9.21. The molecule has 3 N–H and O–H groups in total. The number of β-amino-alcohol motifs (C(OH)–C–C–N with tert-alkyl or cyclic N) is 2. The van der Waals surface area contributed by atoms with Crippen molar-refractivity contribution in [1.82, 2.24) is 4.90 Å². The highest BCUT2D eigenvalue weighted by Gasteiger charge is 2.53. The summed E-state index contributed by atoms with van der Waals surface area (Å²) in [7, 11) is 0. The summed E-state index contributed by atoms with van der Waals surface area (Å²) < 4.78 is 33.0. The molecule has 1 saturated heterocycles. The Morgan fingerprint density at radius 3 is 2.91 bits per heavy atom. The van der Waals surface area contributed by atoms with Crippen LogP contribution in [0.4, 0.5) is 14.5 Å². The molecule has 0 spiro atoms. The van der Waals surface area contributed by atoms with Crippen LogP contribution in [0.3, 0.4) is 0 Å². The number of likely N-dealkylation sites (tertiary alicyclic amines) is 1. The van der Waals surface area contributed by atoms with Gasteiger partial charge in [-0.3, -0.25) is 9.69 Å². The maximum absolute atomic E-state index is 13.9. The summed E-state index contributed by atoms with van der Waals surface area (Å²) in [5.74, 6) is -2.15. The zero-order valence-corrected chi connectivity index (χ0v) is 17.6. The molecule has 0 unspecified atom stereocenters. The number of aliphatic hydroxyl groups excluding tert-OH is 1. The lowest BCUT2D eigenvalue weighted by Crippen LogP contribution is -2.36. The molecular formula is C24H26F2N2O4. The maximum atomic E-state index is 13.9. The van der Waals surface area contributed by atoms with E-state index >= 15 is 0 Å². The lowest BCUT2D eigenvalue weighted by atomic mass is 9.95. The Bertz CT molecular complexity index is 1050. The van der Waals surface area contributed by atoms with Crippen molar-refractivity contribution >= 4 is 11.6 Å². The van der Waals surface area contributed by atoms with E-state index in [1.54, 1.807) is 0 Å². The van der Waals surface area contributed by atoms with Crippen molar-refractivity contribution < 1.29 is 28.5 Å². The minimum atomic E-state index is -1.01. The monoisotopic (exact) mass is 444 g/mol. The van der Waals surface area contributed by atoms with E-state index in [0.717, 1.165) is 22.9 Å². The molecule has 2 aromatic rings. The number of hydrogen-bond donors (Lipinski definition) is 3. The van der Waals surface area contributed by atoms with Crippen LogP contribution in [-0.2, 0) is 11.2 Å². The van der Waals surface area contributed by atoms with Crippen LogP contribution in [0.5, 0.6) is 5.75 Å². The van der Waals surface area contributed by atoms with Crippen LogP contribution in [0.2, 0.25) is 0 Å². The van der Waals surface area contributed by atoms with Gasteiger partial charge in [0.15, 0.2) is 11.6 Å². The Morgan fingerprint density at radius 1 is 1.25 bits per heavy atom. The van der Waals surface area contributed by atoms with Gasteiger partial charge in [-0.15, -0.1) is 0 Å². The lowest BCUT2D eigenvalue weighted by Gasteiger charge is -2.25. The van der Waals surface area contributed by atoms with Gasteiger partial charge < -0.3 is 20.3 Å². The molecule has 32 heavy (non-hydrogen) atoms. The van der Waals surface area contributed by atoms with Gasteiger partial charge in [0.2, 0.25) is 11.7 Å². The number of benzene rings is 2. The Labute approximate surface area is 184 Å².